The second kappa shape index (κ2) is 59.5. The van der Waals surface area contributed by atoms with E-state index in [2.05, 4.69) is 31.3 Å². The Morgan fingerprint density at radius 1 is 0.398 bits per heavy atom. The van der Waals surface area contributed by atoms with Crippen LogP contribution >= 0.6 is 0 Å². The number of aliphatic hydroxyl groups is 8. The second-order valence-corrected chi connectivity index (χ2v) is 27.1. The lowest BCUT2D eigenvalue weighted by Gasteiger charge is -2.46. The van der Waals surface area contributed by atoms with Gasteiger partial charge in [-0.25, -0.2) is 0 Å². The van der Waals surface area contributed by atoms with Gasteiger partial charge in [-0.1, -0.05) is 328 Å². The Balaban J connectivity index is 1.56. The summed E-state index contributed by atoms with van der Waals surface area (Å²) >= 11 is 0. The van der Waals surface area contributed by atoms with Gasteiger partial charge in [0.15, 0.2) is 12.6 Å². The first kappa shape index (κ1) is 82.8. The number of ether oxygens (including phenoxy) is 4. The van der Waals surface area contributed by atoms with Crippen molar-refractivity contribution < 1.29 is 64.6 Å². The van der Waals surface area contributed by atoms with Gasteiger partial charge in [-0.3, -0.25) is 4.79 Å². The molecule has 12 unspecified atom stereocenters. The summed E-state index contributed by atoms with van der Waals surface area (Å²) in [7, 11) is 0. The molecule has 0 saturated carbocycles. The van der Waals surface area contributed by atoms with Crippen molar-refractivity contribution in [3.8, 4) is 0 Å². The highest BCUT2D eigenvalue weighted by Crippen LogP contribution is 2.30. The first-order valence-electron chi connectivity index (χ1n) is 37.9. The van der Waals surface area contributed by atoms with Crippen LogP contribution in [0.2, 0.25) is 0 Å². The van der Waals surface area contributed by atoms with Gasteiger partial charge in [0, 0.05) is 6.42 Å². The van der Waals surface area contributed by atoms with Crippen molar-refractivity contribution in [3.05, 3.63) is 12.2 Å². The summed E-state index contributed by atoms with van der Waals surface area (Å²) in [6.45, 7) is 2.92. The first-order chi connectivity index (χ1) is 43.1. The maximum Gasteiger partial charge on any atom is 0.220 e. The number of amides is 1. The molecule has 2 aliphatic heterocycles. The van der Waals surface area contributed by atoms with Gasteiger partial charge in [-0.2, -0.15) is 0 Å². The van der Waals surface area contributed by atoms with Crippen LogP contribution in [0.3, 0.4) is 0 Å². The largest absolute Gasteiger partial charge is 0.394 e. The van der Waals surface area contributed by atoms with Crippen LogP contribution in [-0.2, 0) is 23.7 Å². The van der Waals surface area contributed by atoms with Gasteiger partial charge in [0.05, 0.1) is 32.0 Å². The van der Waals surface area contributed by atoms with Crippen molar-refractivity contribution in [1.29, 1.82) is 0 Å². The van der Waals surface area contributed by atoms with Gasteiger partial charge >= 0.3 is 0 Å². The molecule has 0 aromatic carbocycles. The van der Waals surface area contributed by atoms with Crippen molar-refractivity contribution in [2.24, 2.45) is 0 Å². The zero-order chi connectivity index (χ0) is 63.8. The summed E-state index contributed by atoms with van der Waals surface area (Å²) in [5.41, 5.74) is 0. The average molecular weight is 1250 g/mol. The number of carbonyl (C=O) groups excluding carboxylic acids is 1. The normalized spacial score (nSPS) is 23.1. The molecular formula is C74H143NO13. The van der Waals surface area contributed by atoms with E-state index in [1.165, 1.54) is 283 Å². The Hall–Kier alpha value is -1.27. The smallest absolute Gasteiger partial charge is 0.220 e. The fourth-order valence-electron chi connectivity index (χ4n) is 12.9. The highest BCUT2D eigenvalue weighted by Gasteiger charge is 2.51. The number of nitrogens with one attached hydrogen (secondary N) is 1. The molecule has 2 saturated heterocycles. The Bertz CT molecular complexity index is 1520. The maximum absolute atomic E-state index is 13.4. The molecule has 9 N–H and O–H groups in total. The van der Waals surface area contributed by atoms with Crippen molar-refractivity contribution >= 4 is 5.91 Å². The quantitative estimate of drug-likeness (QED) is 0.0204. The molecule has 14 heteroatoms. The van der Waals surface area contributed by atoms with Crippen LogP contribution < -0.4 is 5.32 Å². The molecule has 2 heterocycles. The van der Waals surface area contributed by atoms with Crippen LogP contribution in [0.4, 0.5) is 0 Å². The molecule has 522 valence electrons. The minimum Gasteiger partial charge on any atom is -0.394 e. The van der Waals surface area contributed by atoms with Crippen LogP contribution in [0.25, 0.3) is 0 Å². The van der Waals surface area contributed by atoms with E-state index in [0.717, 1.165) is 51.4 Å². The molecule has 0 spiro atoms. The SMILES string of the molecule is CCCCCCCCCC/C=C\CCCCCCCCCCCCCCCCCCCCCCCCCCCC(=O)NC(COC1OC(CO)C(OC2OC(CO)C(O)C(O)C2O)C(O)C1O)C(O)CCCCCCCCCCCCCCCCCCC. The van der Waals surface area contributed by atoms with E-state index >= 15 is 0 Å². The standard InChI is InChI=1S/C74H143NO13/c1-3-5-7-9-11-13-15-17-19-21-22-23-24-25-26-27-28-29-30-31-32-33-34-35-36-37-38-39-40-42-44-46-48-50-52-54-56-58-66(79)75-62(63(78)57-55-53-51-49-47-45-43-41-20-18-16-14-12-10-8-6-4-2)61-85-73-71(84)69(82)72(65(60-77)87-73)88-74-70(83)68(81)67(80)64(59-76)86-74/h21-22,62-65,67-74,76-78,80-84H,3-20,23-61H2,1-2H3,(H,75,79)/b22-21-. The molecule has 0 aliphatic carbocycles. The van der Waals surface area contributed by atoms with Gasteiger partial charge in [0.2, 0.25) is 5.91 Å². The minimum absolute atomic E-state index is 0.198. The molecule has 0 aromatic heterocycles. The zero-order valence-electron chi connectivity index (χ0n) is 57.0. The number of unbranched alkanes of at least 4 members (excludes halogenated alkanes) is 49. The van der Waals surface area contributed by atoms with Crippen molar-refractivity contribution in [1.82, 2.24) is 5.32 Å². The number of hydrogen-bond donors (Lipinski definition) is 9. The number of allylic oxidation sites excluding steroid dienone is 2. The van der Waals surface area contributed by atoms with E-state index in [1.54, 1.807) is 0 Å². The maximum atomic E-state index is 13.4. The van der Waals surface area contributed by atoms with Gasteiger partial charge in [-0.15, -0.1) is 0 Å². The summed E-state index contributed by atoms with van der Waals surface area (Å²) in [6.07, 6.45) is 56.9. The average Bonchev–Trinajstić information content (AvgIpc) is 2.07. The van der Waals surface area contributed by atoms with Crippen LogP contribution in [0.15, 0.2) is 12.2 Å². The number of rotatable bonds is 64. The van der Waals surface area contributed by atoms with Gasteiger partial charge in [0.1, 0.15) is 48.8 Å². The van der Waals surface area contributed by atoms with Crippen molar-refractivity contribution in [2.75, 3.05) is 19.8 Å². The van der Waals surface area contributed by atoms with E-state index < -0.39 is 86.8 Å². The van der Waals surface area contributed by atoms with Crippen LogP contribution in [0.5, 0.6) is 0 Å². The number of carbonyl (C=O) groups is 1. The summed E-state index contributed by atoms with van der Waals surface area (Å²) in [5, 5.41) is 87.6. The molecule has 2 aliphatic rings. The van der Waals surface area contributed by atoms with Crippen molar-refractivity contribution in [3.63, 3.8) is 0 Å². The third-order valence-electron chi connectivity index (χ3n) is 19.0. The summed E-state index contributed by atoms with van der Waals surface area (Å²) < 4.78 is 22.9. The van der Waals surface area contributed by atoms with E-state index in [1.807, 2.05) is 0 Å². The topological polar surface area (TPSA) is 228 Å². The van der Waals surface area contributed by atoms with Crippen LogP contribution in [-0.4, -0.2) is 140 Å². The van der Waals surface area contributed by atoms with Crippen molar-refractivity contribution in [2.45, 2.75) is 434 Å². The molecular weight excluding hydrogens is 1110 g/mol. The molecule has 2 fully saturated rings. The summed E-state index contributed by atoms with van der Waals surface area (Å²) in [6, 6.07) is -0.825. The minimum atomic E-state index is -1.78. The molecule has 2 rings (SSSR count). The monoisotopic (exact) mass is 1250 g/mol. The highest BCUT2D eigenvalue weighted by molar-refractivity contribution is 5.76. The molecule has 0 bridgehead atoms. The van der Waals surface area contributed by atoms with E-state index in [4.69, 9.17) is 18.9 Å². The fraction of sp³-hybridized carbons (Fsp3) is 0.959. The number of aliphatic hydroxyl groups excluding tert-OH is 8. The molecule has 0 aromatic rings. The molecule has 12 atom stereocenters. The predicted molar refractivity (Wildman–Crippen MR) is 360 cm³/mol. The zero-order valence-corrected chi connectivity index (χ0v) is 57.0. The van der Waals surface area contributed by atoms with E-state index in [0.29, 0.717) is 12.8 Å². The Morgan fingerprint density at radius 2 is 0.716 bits per heavy atom. The van der Waals surface area contributed by atoms with Gasteiger partial charge in [0.25, 0.3) is 0 Å². The Labute approximate surface area is 539 Å². The lowest BCUT2D eigenvalue weighted by Crippen LogP contribution is -2.65. The van der Waals surface area contributed by atoms with Crippen LogP contribution in [0.1, 0.15) is 361 Å². The molecule has 14 nitrogen and oxygen atoms in total. The number of hydrogen-bond acceptors (Lipinski definition) is 13. The van der Waals surface area contributed by atoms with Crippen LogP contribution in [0, 0.1) is 0 Å². The molecule has 1 amide bonds. The third-order valence-corrected chi connectivity index (χ3v) is 19.0. The lowest BCUT2D eigenvalue weighted by atomic mass is 9.97. The highest BCUT2D eigenvalue weighted by atomic mass is 16.7. The summed E-state index contributed by atoms with van der Waals surface area (Å²) in [4.78, 5) is 13.4. The summed E-state index contributed by atoms with van der Waals surface area (Å²) in [5.74, 6) is -0.198. The van der Waals surface area contributed by atoms with E-state index in [-0.39, 0.29) is 12.5 Å². The fourth-order valence-corrected chi connectivity index (χ4v) is 12.9. The second-order valence-electron chi connectivity index (χ2n) is 27.1. The third kappa shape index (κ3) is 42.9. The lowest BCUT2D eigenvalue weighted by molar-refractivity contribution is -0.359. The first-order valence-corrected chi connectivity index (χ1v) is 37.9. The van der Waals surface area contributed by atoms with Gasteiger partial charge in [-0.05, 0) is 38.5 Å². The predicted octanol–water partition coefficient (Wildman–Crippen LogP) is 16.1. The molecule has 88 heavy (non-hydrogen) atoms. The Morgan fingerprint density at radius 3 is 1.08 bits per heavy atom. The molecule has 0 radical (unpaired) electrons. The van der Waals surface area contributed by atoms with E-state index in [9.17, 15) is 45.6 Å². The van der Waals surface area contributed by atoms with Gasteiger partial charge < -0.3 is 65.1 Å². The Kier molecular flexibility index (Phi) is 56.0.